The molecule has 0 amide bonds. The maximum absolute atomic E-state index is 4.28. The highest BCUT2D eigenvalue weighted by molar-refractivity contribution is 5.11. The molecule has 1 heterocycles. The molecule has 0 fully saturated rings. The molecule has 0 radical (unpaired) electrons. The van der Waals surface area contributed by atoms with Gasteiger partial charge in [-0.05, 0) is 27.2 Å². The van der Waals surface area contributed by atoms with Crippen LogP contribution in [0.2, 0.25) is 0 Å². The standard InChI is InChI=1S/C11H18N2/c1-6-8(2)10(4)13-9(3)7-12-11(13)5/h7,10H,2,6H2,1,3-5H3. The maximum Gasteiger partial charge on any atom is 0.106 e. The number of rotatable bonds is 3. The zero-order valence-corrected chi connectivity index (χ0v) is 8.96. The van der Waals surface area contributed by atoms with E-state index in [1.165, 1.54) is 11.3 Å². The number of aromatic nitrogens is 2. The molecule has 2 nitrogen and oxygen atoms in total. The first kappa shape index (κ1) is 10.0. The molecule has 1 unspecified atom stereocenters. The van der Waals surface area contributed by atoms with E-state index in [9.17, 15) is 0 Å². The quantitative estimate of drug-likeness (QED) is 0.650. The molecule has 0 saturated carbocycles. The van der Waals surface area contributed by atoms with Crippen molar-refractivity contribution in [3.63, 3.8) is 0 Å². The first-order valence-corrected chi connectivity index (χ1v) is 4.76. The van der Waals surface area contributed by atoms with Gasteiger partial charge in [0, 0.05) is 11.9 Å². The Labute approximate surface area is 80.3 Å². The number of nitrogens with zero attached hydrogens (tertiary/aromatic N) is 2. The topological polar surface area (TPSA) is 17.8 Å². The first-order valence-electron chi connectivity index (χ1n) is 4.76. The Kier molecular flexibility index (Phi) is 2.91. The van der Waals surface area contributed by atoms with E-state index >= 15 is 0 Å². The van der Waals surface area contributed by atoms with Crippen LogP contribution in [-0.4, -0.2) is 9.55 Å². The Morgan fingerprint density at radius 1 is 1.62 bits per heavy atom. The van der Waals surface area contributed by atoms with E-state index in [0.29, 0.717) is 6.04 Å². The van der Waals surface area contributed by atoms with E-state index in [4.69, 9.17) is 0 Å². The fourth-order valence-corrected chi connectivity index (χ4v) is 1.63. The lowest BCUT2D eigenvalue weighted by molar-refractivity contribution is 0.580. The Bertz CT molecular complexity index is 290. The summed E-state index contributed by atoms with van der Waals surface area (Å²) in [6, 6.07) is 0.368. The minimum atomic E-state index is 0.368. The van der Waals surface area contributed by atoms with Crippen LogP contribution in [0.15, 0.2) is 18.3 Å². The minimum Gasteiger partial charge on any atom is -0.326 e. The maximum atomic E-state index is 4.28. The SMILES string of the molecule is C=C(CC)C(C)n1c(C)cnc1C. The second kappa shape index (κ2) is 3.77. The van der Waals surface area contributed by atoms with Crippen molar-refractivity contribution < 1.29 is 0 Å². The molecule has 2 heteroatoms. The first-order chi connectivity index (χ1) is 6.07. The van der Waals surface area contributed by atoms with E-state index in [0.717, 1.165) is 12.2 Å². The fourth-order valence-electron chi connectivity index (χ4n) is 1.63. The third-order valence-corrected chi connectivity index (χ3v) is 2.60. The van der Waals surface area contributed by atoms with Gasteiger partial charge in [-0.2, -0.15) is 0 Å². The molecule has 0 aliphatic heterocycles. The smallest absolute Gasteiger partial charge is 0.106 e. The second-order valence-electron chi connectivity index (χ2n) is 3.50. The van der Waals surface area contributed by atoms with Gasteiger partial charge in [-0.1, -0.05) is 19.1 Å². The van der Waals surface area contributed by atoms with Crippen molar-refractivity contribution in [3.8, 4) is 0 Å². The number of allylic oxidation sites excluding steroid dienone is 1. The van der Waals surface area contributed by atoms with Crippen molar-refractivity contribution in [3.05, 3.63) is 29.9 Å². The highest BCUT2D eigenvalue weighted by atomic mass is 15.1. The highest BCUT2D eigenvalue weighted by Crippen LogP contribution is 2.21. The van der Waals surface area contributed by atoms with Crippen LogP contribution in [0.25, 0.3) is 0 Å². The number of hydrogen-bond acceptors (Lipinski definition) is 1. The second-order valence-corrected chi connectivity index (χ2v) is 3.50. The van der Waals surface area contributed by atoms with Gasteiger partial charge in [0.25, 0.3) is 0 Å². The minimum absolute atomic E-state index is 0.368. The molecule has 1 aromatic heterocycles. The Morgan fingerprint density at radius 2 is 2.23 bits per heavy atom. The van der Waals surface area contributed by atoms with Crippen molar-refractivity contribution in [2.45, 2.75) is 40.2 Å². The van der Waals surface area contributed by atoms with E-state index < -0.39 is 0 Å². The van der Waals surface area contributed by atoms with Crippen LogP contribution in [0.3, 0.4) is 0 Å². The van der Waals surface area contributed by atoms with Gasteiger partial charge in [0.2, 0.25) is 0 Å². The number of hydrogen-bond donors (Lipinski definition) is 0. The predicted molar refractivity (Wildman–Crippen MR) is 55.8 cm³/mol. The van der Waals surface area contributed by atoms with Gasteiger partial charge in [0.15, 0.2) is 0 Å². The Morgan fingerprint density at radius 3 is 2.62 bits per heavy atom. The molecule has 13 heavy (non-hydrogen) atoms. The van der Waals surface area contributed by atoms with Crippen LogP contribution in [-0.2, 0) is 0 Å². The molecule has 0 N–H and O–H groups in total. The van der Waals surface area contributed by atoms with Gasteiger partial charge in [-0.15, -0.1) is 0 Å². The molecule has 0 aromatic carbocycles. The van der Waals surface area contributed by atoms with Gasteiger partial charge in [0.05, 0.1) is 6.04 Å². The summed E-state index contributed by atoms with van der Waals surface area (Å²) < 4.78 is 2.23. The van der Waals surface area contributed by atoms with Gasteiger partial charge in [0.1, 0.15) is 5.82 Å². The van der Waals surface area contributed by atoms with Gasteiger partial charge >= 0.3 is 0 Å². The van der Waals surface area contributed by atoms with Crippen molar-refractivity contribution >= 4 is 0 Å². The molecule has 1 aromatic rings. The van der Waals surface area contributed by atoms with Crippen LogP contribution >= 0.6 is 0 Å². The summed E-state index contributed by atoms with van der Waals surface area (Å²) in [4.78, 5) is 4.28. The summed E-state index contributed by atoms with van der Waals surface area (Å²) >= 11 is 0. The van der Waals surface area contributed by atoms with E-state index in [-0.39, 0.29) is 0 Å². The third kappa shape index (κ3) is 1.82. The predicted octanol–water partition coefficient (Wildman–Crippen LogP) is 3.03. The molecule has 0 aliphatic rings. The Balaban J connectivity index is 3.00. The molecule has 72 valence electrons. The van der Waals surface area contributed by atoms with Gasteiger partial charge in [-0.3, -0.25) is 0 Å². The van der Waals surface area contributed by atoms with Crippen molar-refractivity contribution in [2.24, 2.45) is 0 Å². The Hall–Kier alpha value is -1.05. The fraction of sp³-hybridized carbons (Fsp3) is 0.545. The summed E-state index contributed by atoms with van der Waals surface area (Å²) in [6.45, 7) is 12.5. The third-order valence-electron chi connectivity index (χ3n) is 2.60. The monoisotopic (exact) mass is 178 g/mol. The molecular formula is C11H18N2. The molecular weight excluding hydrogens is 160 g/mol. The summed E-state index contributed by atoms with van der Waals surface area (Å²) in [5, 5.41) is 0. The molecule has 0 saturated heterocycles. The summed E-state index contributed by atoms with van der Waals surface area (Å²) in [7, 11) is 0. The highest BCUT2D eigenvalue weighted by Gasteiger charge is 2.11. The van der Waals surface area contributed by atoms with E-state index in [2.05, 4.69) is 36.9 Å². The van der Waals surface area contributed by atoms with Crippen LogP contribution in [0, 0.1) is 13.8 Å². The van der Waals surface area contributed by atoms with Crippen LogP contribution in [0.4, 0.5) is 0 Å². The lowest BCUT2D eigenvalue weighted by Gasteiger charge is -2.18. The summed E-state index contributed by atoms with van der Waals surface area (Å²) in [6.07, 6.45) is 2.94. The van der Waals surface area contributed by atoms with Gasteiger partial charge < -0.3 is 4.57 Å². The van der Waals surface area contributed by atoms with E-state index in [1.807, 2.05) is 13.1 Å². The van der Waals surface area contributed by atoms with Gasteiger partial charge in [-0.25, -0.2) is 4.98 Å². The van der Waals surface area contributed by atoms with Crippen LogP contribution in [0.1, 0.15) is 37.8 Å². The average Bonchev–Trinajstić information content (AvgIpc) is 2.44. The molecule has 0 aliphatic carbocycles. The van der Waals surface area contributed by atoms with E-state index in [1.54, 1.807) is 0 Å². The van der Waals surface area contributed by atoms with Crippen molar-refractivity contribution in [2.75, 3.05) is 0 Å². The van der Waals surface area contributed by atoms with Crippen LogP contribution in [0.5, 0.6) is 0 Å². The molecule has 0 spiro atoms. The molecule has 1 atom stereocenters. The number of aryl methyl sites for hydroxylation is 2. The summed E-state index contributed by atoms with van der Waals surface area (Å²) in [5.74, 6) is 1.07. The zero-order valence-electron chi connectivity index (χ0n) is 8.96. The zero-order chi connectivity index (χ0) is 10.0. The molecule has 1 rings (SSSR count). The normalized spacial score (nSPS) is 12.9. The van der Waals surface area contributed by atoms with Crippen molar-refractivity contribution in [1.29, 1.82) is 0 Å². The lowest BCUT2D eigenvalue weighted by atomic mass is 10.1. The van der Waals surface area contributed by atoms with Crippen molar-refractivity contribution in [1.82, 2.24) is 9.55 Å². The summed E-state index contributed by atoms with van der Waals surface area (Å²) in [5.41, 5.74) is 2.46. The largest absolute Gasteiger partial charge is 0.326 e. The lowest BCUT2D eigenvalue weighted by Crippen LogP contribution is -2.10. The average molecular weight is 178 g/mol. The molecule has 0 bridgehead atoms. The van der Waals surface area contributed by atoms with Crippen LogP contribution < -0.4 is 0 Å². The number of imidazole rings is 1.